The molecule has 0 aliphatic carbocycles. The third kappa shape index (κ3) is 3.00. The summed E-state index contributed by atoms with van der Waals surface area (Å²) in [6.45, 7) is 1.40. The lowest BCUT2D eigenvalue weighted by molar-refractivity contribution is -0.153. The second-order valence-electron chi connectivity index (χ2n) is 3.21. The number of carbonyl (C=O) groups is 1. The molecule has 0 fully saturated rings. The number of furan rings is 1. The molecule has 1 unspecified atom stereocenters. The van der Waals surface area contributed by atoms with Gasteiger partial charge in [0.25, 0.3) is 0 Å². The quantitative estimate of drug-likeness (QED) is 0.854. The molecule has 0 aromatic carbocycles. The van der Waals surface area contributed by atoms with Crippen LogP contribution in [0.15, 0.2) is 16.5 Å². The highest BCUT2D eigenvalue weighted by molar-refractivity contribution is 5.69. The van der Waals surface area contributed by atoms with Crippen molar-refractivity contribution in [2.24, 2.45) is 5.92 Å². The molecule has 1 aromatic heterocycles. The van der Waals surface area contributed by atoms with Crippen molar-refractivity contribution >= 4 is 5.97 Å². The highest BCUT2D eigenvalue weighted by atomic mass is 19.4. The average Bonchev–Trinajstić information content (AvgIpc) is 2.51. The first kappa shape index (κ1) is 11.6. The molecule has 0 aliphatic rings. The maximum atomic E-state index is 12.1. The van der Waals surface area contributed by atoms with E-state index in [1.807, 2.05) is 0 Å². The molecule has 0 saturated heterocycles. The Hall–Kier alpha value is -1.46. The lowest BCUT2D eigenvalue weighted by Gasteiger charge is -2.03. The van der Waals surface area contributed by atoms with Crippen molar-refractivity contribution in [2.45, 2.75) is 19.5 Å². The summed E-state index contributed by atoms with van der Waals surface area (Å²) in [7, 11) is 0. The maximum Gasteiger partial charge on any atom is 0.449 e. The predicted molar refractivity (Wildman–Crippen MR) is 44.2 cm³/mol. The van der Waals surface area contributed by atoms with Crippen molar-refractivity contribution in [1.29, 1.82) is 0 Å². The van der Waals surface area contributed by atoms with Gasteiger partial charge in [-0.2, -0.15) is 13.2 Å². The Balaban J connectivity index is 2.73. The third-order valence-corrected chi connectivity index (χ3v) is 1.87. The smallest absolute Gasteiger partial charge is 0.449 e. The molecule has 1 aromatic rings. The summed E-state index contributed by atoms with van der Waals surface area (Å²) in [5.41, 5.74) is 0. The van der Waals surface area contributed by atoms with Crippen molar-refractivity contribution in [3.8, 4) is 0 Å². The fourth-order valence-electron chi connectivity index (χ4n) is 1.03. The standard InChI is InChI=1S/C9H9F3O3/c1-5(8(13)14)4-6-2-3-7(15-6)9(10,11)12/h2-3,5H,4H2,1H3,(H,13,14). The molecule has 84 valence electrons. The highest BCUT2D eigenvalue weighted by Gasteiger charge is 2.34. The molecule has 1 rings (SSSR count). The summed E-state index contributed by atoms with van der Waals surface area (Å²) in [6, 6.07) is 1.94. The van der Waals surface area contributed by atoms with Gasteiger partial charge in [-0.1, -0.05) is 6.92 Å². The van der Waals surface area contributed by atoms with Gasteiger partial charge in [-0.15, -0.1) is 0 Å². The van der Waals surface area contributed by atoms with Crippen LogP contribution in [-0.4, -0.2) is 11.1 Å². The zero-order valence-electron chi connectivity index (χ0n) is 7.84. The average molecular weight is 222 g/mol. The topological polar surface area (TPSA) is 50.4 Å². The van der Waals surface area contributed by atoms with E-state index in [2.05, 4.69) is 4.42 Å². The predicted octanol–water partition coefficient (Wildman–Crippen LogP) is 2.56. The van der Waals surface area contributed by atoms with E-state index in [1.54, 1.807) is 0 Å². The number of halogens is 3. The van der Waals surface area contributed by atoms with Gasteiger partial charge < -0.3 is 9.52 Å². The molecular formula is C9H9F3O3. The number of carboxylic acid groups (broad SMARTS) is 1. The van der Waals surface area contributed by atoms with Crippen molar-refractivity contribution < 1.29 is 27.5 Å². The van der Waals surface area contributed by atoms with E-state index in [1.165, 1.54) is 6.92 Å². The van der Waals surface area contributed by atoms with Crippen LogP contribution in [0.1, 0.15) is 18.4 Å². The second-order valence-corrected chi connectivity index (χ2v) is 3.21. The summed E-state index contributed by atoms with van der Waals surface area (Å²) in [6.07, 6.45) is -4.57. The molecule has 6 heteroatoms. The van der Waals surface area contributed by atoms with Crippen molar-refractivity contribution in [2.75, 3.05) is 0 Å². The Kier molecular flexibility index (Phi) is 3.06. The number of rotatable bonds is 3. The van der Waals surface area contributed by atoms with Gasteiger partial charge in [0, 0.05) is 6.42 Å². The molecule has 0 radical (unpaired) electrons. The Labute approximate surface area is 83.5 Å². The number of hydrogen-bond acceptors (Lipinski definition) is 2. The Morgan fingerprint density at radius 3 is 2.53 bits per heavy atom. The Morgan fingerprint density at radius 2 is 2.13 bits per heavy atom. The van der Waals surface area contributed by atoms with Crippen LogP contribution in [-0.2, 0) is 17.4 Å². The van der Waals surface area contributed by atoms with Crippen LogP contribution in [0.25, 0.3) is 0 Å². The summed E-state index contributed by atoms with van der Waals surface area (Å²) >= 11 is 0. The Morgan fingerprint density at radius 1 is 1.53 bits per heavy atom. The van der Waals surface area contributed by atoms with Gasteiger partial charge in [0.2, 0.25) is 5.76 Å². The van der Waals surface area contributed by atoms with Gasteiger partial charge in [0.15, 0.2) is 0 Å². The number of alkyl halides is 3. The minimum Gasteiger partial charge on any atom is -0.481 e. The first-order chi connectivity index (χ1) is 6.80. The molecule has 3 nitrogen and oxygen atoms in total. The zero-order chi connectivity index (χ0) is 11.6. The van der Waals surface area contributed by atoms with Gasteiger partial charge in [0.1, 0.15) is 5.76 Å². The third-order valence-electron chi connectivity index (χ3n) is 1.87. The van der Waals surface area contributed by atoms with E-state index in [0.29, 0.717) is 0 Å². The molecule has 1 N–H and O–H groups in total. The van der Waals surface area contributed by atoms with Crippen molar-refractivity contribution in [3.63, 3.8) is 0 Å². The van der Waals surface area contributed by atoms with E-state index < -0.39 is 23.8 Å². The molecule has 0 saturated carbocycles. The molecule has 0 aliphatic heterocycles. The molecule has 0 spiro atoms. The van der Waals surface area contributed by atoms with E-state index in [9.17, 15) is 18.0 Å². The molecular weight excluding hydrogens is 213 g/mol. The molecule has 0 bridgehead atoms. The highest BCUT2D eigenvalue weighted by Crippen LogP contribution is 2.31. The van der Waals surface area contributed by atoms with E-state index in [0.717, 1.165) is 12.1 Å². The van der Waals surface area contributed by atoms with Gasteiger partial charge in [-0.25, -0.2) is 0 Å². The van der Waals surface area contributed by atoms with Crippen LogP contribution in [0.5, 0.6) is 0 Å². The van der Waals surface area contributed by atoms with Gasteiger partial charge in [0.05, 0.1) is 5.92 Å². The van der Waals surface area contributed by atoms with Crippen LogP contribution >= 0.6 is 0 Å². The zero-order valence-corrected chi connectivity index (χ0v) is 7.84. The fraction of sp³-hybridized carbons (Fsp3) is 0.444. The minimum absolute atomic E-state index is 0.0252. The minimum atomic E-state index is -4.52. The second kappa shape index (κ2) is 3.96. The number of carboxylic acids is 1. The molecule has 1 heterocycles. The van der Waals surface area contributed by atoms with Crippen LogP contribution in [0.2, 0.25) is 0 Å². The first-order valence-electron chi connectivity index (χ1n) is 4.19. The van der Waals surface area contributed by atoms with Crippen molar-refractivity contribution in [1.82, 2.24) is 0 Å². The lowest BCUT2D eigenvalue weighted by atomic mass is 10.1. The van der Waals surface area contributed by atoms with Gasteiger partial charge >= 0.3 is 12.1 Å². The van der Waals surface area contributed by atoms with E-state index in [-0.39, 0.29) is 12.2 Å². The van der Waals surface area contributed by atoms with Crippen LogP contribution in [0.4, 0.5) is 13.2 Å². The first-order valence-corrected chi connectivity index (χ1v) is 4.19. The summed E-state index contributed by atoms with van der Waals surface area (Å²) in [5.74, 6) is -2.91. The monoisotopic (exact) mass is 222 g/mol. The molecule has 1 atom stereocenters. The molecule has 0 amide bonds. The summed E-state index contributed by atoms with van der Waals surface area (Å²) in [5, 5.41) is 8.55. The lowest BCUT2D eigenvalue weighted by Crippen LogP contribution is -2.11. The molecule has 15 heavy (non-hydrogen) atoms. The maximum absolute atomic E-state index is 12.1. The number of aliphatic carboxylic acids is 1. The van der Waals surface area contributed by atoms with Crippen LogP contribution < -0.4 is 0 Å². The van der Waals surface area contributed by atoms with Crippen LogP contribution in [0.3, 0.4) is 0 Å². The summed E-state index contributed by atoms with van der Waals surface area (Å²) < 4.78 is 40.7. The van der Waals surface area contributed by atoms with Gasteiger partial charge in [-0.3, -0.25) is 4.79 Å². The number of hydrogen-bond donors (Lipinski definition) is 1. The Bertz CT molecular complexity index is 354. The SMILES string of the molecule is CC(Cc1ccc(C(F)(F)F)o1)C(=O)O. The van der Waals surface area contributed by atoms with E-state index in [4.69, 9.17) is 5.11 Å². The van der Waals surface area contributed by atoms with E-state index >= 15 is 0 Å². The largest absolute Gasteiger partial charge is 0.481 e. The fourth-order valence-corrected chi connectivity index (χ4v) is 1.03. The van der Waals surface area contributed by atoms with Crippen LogP contribution in [0, 0.1) is 5.92 Å². The van der Waals surface area contributed by atoms with Gasteiger partial charge in [-0.05, 0) is 12.1 Å². The van der Waals surface area contributed by atoms with Crippen molar-refractivity contribution in [3.05, 3.63) is 23.7 Å². The normalized spacial score (nSPS) is 13.9. The summed E-state index contributed by atoms with van der Waals surface area (Å²) in [4.78, 5) is 10.4.